The van der Waals surface area contributed by atoms with Crippen LogP contribution in [-0.2, 0) is 4.79 Å². The highest BCUT2D eigenvalue weighted by Crippen LogP contribution is 2.27. The lowest BCUT2D eigenvalue weighted by molar-refractivity contribution is -0.123. The fourth-order valence-electron chi connectivity index (χ4n) is 1.98. The zero-order valence-electron chi connectivity index (χ0n) is 12.1. The highest BCUT2D eigenvalue weighted by molar-refractivity contribution is 9.10. The van der Waals surface area contributed by atoms with E-state index in [2.05, 4.69) is 28.2 Å². The van der Waals surface area contributed by atoms with Gasteiger partial charge < -0.3 is 15.2 Å². The molecule has 1 atom stereocenters. The Morgan fingerprint density at radius 2 is 2.24 bits per heavy atom. The monoisotopic (exact) mass is 377 g/mol. The van der Waals surface area contributed by atoms with E-state index in [0.717, 1.165) is 17.3 Å². The van der Waals surface area contributed by atoms with Gasteiger partial charge in [-0.15, -0.1) is 0 Å². The molecule has 0 heterocycles. The molecule has 1 aromatic rings. The predicted octanol–water partition coefficient (Wildman–Crippen LogP) is 3.40. The number of nitrogens with one attached hydrogen (secondary N) is 1. The van der Waals surface area contributed by atoms with Crippen LogP contribution in [0.4, 0.5) is 0 Å². The second kappa shape index (κ2) is 10.0. The molecule has 6 heteroatoms. The zero-order chi connectivity index (χ0) is 15.7. The van der Waals surface area contributed by atoms with Gasteiger partial charge in [0, 0.05) is 17.6 Å². The summed E-state index contributed by atoms with van der Waals surface area (Å²) in [5, 5.41) is 12.3. The van der Waals surface area contributed by atoms with Crippen molar-refractivity contribution < 1.29 is 14.6 Å². The number of carbonyl (C=O) groups is 1. The van der Waals surface area contributed by atoms with Gasteiger partial charge in [-0.3, -0.25) is 4.79 Å². The Hall–Kier alpha value is -0.780. The van der Waals surface area contributed by atoms with Crippen molar-refractivity contribution in [1.82, 2.24) is 5.32 Å². The van der Waals surface area contributed by atoms with Crippen LogP contribution in [0.3, 0.4) is 0 Å². The van der Waals surface area contributed by atoms with Crippen molar-refractivity contribution in [1.29, 1.82) is 0 Å². The minimum Gasteiger partial charge on any atom is -0.482 e. The molecule has 0 aliphatic rings. The van der Waals surface area contributed by atoms with E-state index in [1.807, 2.05) is 0 Å². The Balaban J connectivity index is 2.36. The SMILES string of the molecule is CCCC(CCO)CNC(=O)COc1ccc(Br)cc1Cl. The number of hydrogen-bond donors (Lipinski definition) is 2. The van der Waals surface area contributed by atoms with Crippen molar-refractivity contribution >= 4 is 33.4 Å². The number of amides is 1. The molecule has 118 valence electrons. The lowest BCUT2D eigenvalue weighted by atomic mass is 10.0. The summed E-state index contributed by atoms with van der Waals surface area (Å²) in [6.07, 6.45) is 2.72. The quantitative estimate of drug-likeness (QED) is 0.692. The maximum Gasteiger partial charge on any atom is 0.257 e. The van der Waals surface area contributed by atoms with E-state index in [0.29, 0.717) is 29.7 Å². The lowest BCUT2D eigenvalue weighted by Gasteiger charge is -2.16. The van der Waals surface area contributed by atoms with Crippen molar-refractivity contribution in [2.24, 2.45) is 5.92 Å². The molecule has 0 aromatic heterocycles. The van der Waals surface area contributed by atoms with Crippen LogP contribution < -0.4 is 10.1 Å². The molecule has 4 nitrogen and oxygen atoms in total. The number of aliphatic hydroxyl groups is 1. The van der Waals surface area contributed by atoms with E-state index in [9.17, 15) is 4.79 Å². The molecule has 0 saturated carbocycles. The molecule has 21 heavy (non-hydrogen) atoms. The van der Waals surface area contributed by atoms with Gasteiger partial charge in [0.25, 0.3) is 5.91 Å². The zero-order valence-corrected chi connectivity index (χ0v) is 14.4. The van der Waals surface area contributed by atoms with Crippen LogP contribution in [0.25, 0.3) is 0 Å². The van der Waals surface area contributed by atoms with Gasteiger partial charge in [0.05, 0.1) is 5.02 Å². The number of aliphatic hydroxyl groups excluding tert-OH is 1. The maximum atomic E-state index is 11.8. The summed E-state index contributed by atoms with van der Waals surface area (Å²) in [7, 11) is 0. The highest BCUT2D eigenvalue weighted by atomic mass is 79.9. The summed E-state index contributed by atoms with van der Waals surface area (Å²) in [6.45, 7) is 2.72. The van der Waals surface area contributed by atoms with Crippen LogP contribution in [-0.4, -0.2) is 30.8 Å². The lowest BCUT2D eigenvalue weighted by Crippen LogP contribution is -2.33. The van der Waals surface area contributed by atoms with Gasteiger partial charge in [-0.05, 0) is 37.0 Å². The summed E-state index contributed by atoms with van der Waals surface area (Å²) in [5.74, 6) is 0.601. The third-order valence-corrected chi connectivity index (χ3v) is 3.86. The second-order valence-corrected chi connectivity index (χ2v) is 6.16. The number of carbonyl (C=O) groups excluding carboxylic acids is 1. The molecule has 1 aromatic carbocycles. The fraction of sp³-hybridized carbons (Fsp3) is 0.533. The molecule has 0 aliphatic heterocycles. The molecule has 0 bridgehead atoms. The number of ether oxygens (including phenoxy) is 1. The Morgan fingerprint density at radius 1 is 1.48 bits per heavy atom. The molecule has 1 rings (SSSR count). The molecule has 2 N–H and O–H groups in total. The van der Waals surface area contributed by atoms with Crippen molar-refractivity contribution in [3.05, 3.63) is 27.7 Å². The molecule has 0 aliphatic carbocycles. The first-order valence-electron chi connectivity index (χ1n) is 7.02. The first kappa shape index (κ1) is 18.3. The Morgan fingerprint density at radius 3 is 2.86 bits per heavy atom. The van der Waals surface area contributed by atoms with E-state index >= 15 is 0 Å². The summed E-state index contributed by atoms with van der Waals surface area (Å²) >= 11 is 9.32. The Kier molecular flexibility index (Phi) is 8.73. The molecule has 0 saturated heterocycles. The Bertz CT molecular complexity index is 451. The van der Waals surface area contributed by atoms with Gasteiger partial charge in [-0.1, -0.05) is 40.9 Å². The van der Waals surface area contributed by atoms with E-state index in [-0.39, 0.29) is 19.1 Å². The second-order valence-electron chi connectivity index (χ2n) is 4.83. The topological polar surface area (TPSA) is 58.6 Å². The summed E-state index contributed by atoms with van der Waals surface area (Å²) in [4.78, 5) is 11.8. The van der Waals surface area contributed by atoms with Gasteiger partial charge in [0.2, 0.25) is 0 Å². The van der Waals surface area contributed by atoms with E-state index in [1.165, 1.54) is 0 Å². The molecule has 1 amide bonds. The average molecular weight is 379 g/mol. The summed E-state index contributed by atoms with van der Waals surface area (Å²) < 4.78 is 6.25. The van der Waals surface area contributed by atoms with Crippen LogP contribution in [0.1, 0.15) is 26.2 Å². The molecule has 0 fully saturated rings. The molecule has 0 radical (unpaired) electrons. The molecule has 1 unspecified atom stereocenters. The largest absolute Gasteiger partial charge is 0.482 e. The standard InChI is InChI=1S/C15H21BrClNO3/c1-2-3-11(6-7-19)9-18-15(20)10-21-14-5-4-12(16)8-13(14)17/h4-5,8,11,19H,2-3,6-7,9-10H2,1H3,(H,18,20). The predicted molar refractivity (Wildman–Crippen MR) is 87.8 cm³/mol. The molecule has 0 spiro atoms. The summed E-state index contributed by atoms with van der Waals surface area (Å²) in [6, 6.07) is 5.23. The van der Waals surface area contributed by atoms with Crippen LogP contribution in [0.15, 0.2) is 22.7 Å². The summed E-state index contributed by atoms with van der Waals surface area (Å²) in [5.41, 5.74) is 0. The number of hydrogen-bond acceptors (Lipinski definition) is 3. The maximum absolute atomic E-state index is 11.8. The van der Waals surface area contributed by atoms with Crippen molar-refractivity contribution in [3.8, 4) is 5.75 Å². The normalized spacial score (nSPS) is 12.0. The Labute approximate surface area is 139 Å². The molecular formula is C15H21BrClNO3. The number of benzene rings is 1. The van der Waals surface area contributed by atoms with Crippen LogP contribution in [0.5, 0.6) is 5.75 Å². The highest BCUT2D eigenvalue weighted by Gasteiger charge is 2.10. The number of halogens is 2. The average Bonchev–Trinajstić information content (AvgIpc) is 2.44. The van der Waals surface area contributed by atoms with Gasteiger partial charge in [0.1, 0.15) is 5.75 Å². The van der Waals surface area contributed by atoms with Crippen LogP contribution in [0.2, 0.25) is 5.02 Å². The third kappa shape index (κ3) is 7.16. The fourth-order valence-corrected chi connectivity index (χ4v) is 2.71. The van der Waals surface area contributed by atoms with E-state index in [4.69, 9.17) is 21.4 Å². The van der Waals surface area contributed by atoms with Crippen LogP contribution in [0, 0.1) is 5.92 Å². The van der Waals surface area contributed by atoms with Gasteiger partial charge in [-0.2, -0.15) is 0 Å². The van der Waals surface area contributed by atoms with Crippen molar-refractivity contribution in [2.45, 2.75) is 26.2 Å². The number of rotatable bonds is 9. The van der Waals surface area contributed by atoms with Crippen molar-refractivity contribution in [2.75, 3.05) is 19.8 Å². The third-order valence-electron chi connectivity index (χ3n) is 3.07. The van der Waals surface area contributed by atoms with E-state index < -0.39 is 0 Å². The first-order valence-corrected chi connectivity index (χ1v) is 8.19. The van der Waals surface area contributed by atoms with Crippen LogP contribution >= 0.6 is 27.5 Å². The van der Waals surface area contributed by atoms with E-state index in [1.54, 1.807) is 18.2 Å². The van der Waals surface area contributed by atoms with Crippen molar-refractivity contribution in [3.63, 3.8) is 0 Å². The minimum absolute atomic E-state index is 0.0701. The van der Waals surface area contributed by atoms with Gasteiger partial charge in [0.15, 0.2) is 6.61 Å². The minimum atomic E-state index is -0.187. The smallest absolute Gasteiger partial charge is 0.257 e. The van der Waals surface area contributed by atoms with Gasteiger partial charge >= 0.3 is 0 Å². The first-order chi connectivity index (χ1) is 10.1. The van der Waals surface area contributed by atoms with Gasteiger partial charge in [-0.25, -0.2) is 0 Å². The molecular weight excluding hydrogens is 358 g/mol.